The van der Waals surface area contributed by atoms with Crippen LogP contribution in [0.2, 0.25) is 0 Å². The van der Waals surface area contributed by atoms with Crippen LogP contribution in [0.5, 0.6) is 0 Å². The van der Waals surface area contributed by atoms with Crippen molar-refractivity contribution < 1.29 is 14.7 Å². The van der Waals surface area contributed by atoms with Crippen LogP contribution in [-0.4, -0.2) is 17.0 Å². The van der Waals surface area contributed by atoms with Gasteiger partial charge >= 0.3 is 5.97 Å². The van der Waals surface area contributed by atoms with Gasteiger partial charge in [0.25, 0.3) is 0 Å². The van der Waals surface area contributed by atoms with Gasteiger partial charge in [0.15, 0.2) is 0 Å². The molecular weight excluding hydrogens is 208 g/mol. The van der Waals surface area contributed by atoms with Crippen molar-refractivity contribution in [3.05, 3.63) is 29.8 Å². The Morgan fingerprint density at radius 3 is 2.69 bits per heavy atom. The lowest BCUT2D eigenvalue weighted by molar-refractivity contribution is -0.138. The molecule has 0 aliphatic heterocycles. The summed E-state index contributed by atoms with van der Waals surface area (Å²) in [4.78, 5) is 21.6. The third-order valence-corrected chi connectivity index (χ3v) is 2.01. The van der Waals surface area contributed by atoms with Crippen molar-refractivity contribution >= 4 is 17.6 Å². The molecule has 0 saturated carbocycles. The van der Waals surface area contributed by atoms with Gasteiger partial charge < -0.3 is 16.2 Å². The topological polar surface area (TPSA) is 92.4 Å². The first-order valence-electron chi connectivity index (χ1n) is 4.92. The average molecular weight is 222 g/mol. The number of hydrogen-bond donors (Lipinski definition) is 3. The second-order valence-electron chi connectivity index (χ2n) is 3.35. The normalized spacial score (nSPS) is 9.81. The molecule has 16 heavy (non-hydrogen) atoms. The summed E-state index contributed by atoms with van der Waals surface area (Å²) in [5.74, 6) is -1.29. The molecule has 5 heteroatoms. The predicted octanol–water partition coefficient (Wildman–Crippen LogP) is 0.949. The van der Waals surface area contributed by atoms with E-state index in [1.54, 1.807) is 18.2 Å². The molecule has 1 aromatic carbocycles. The molecule has 5 nitrogen and oxygen atoms in total. The Kier molecular flexibility index (Phi) is 4.47. The van der Waals surface area contributed by atoms with Gasteiger partial charge in [0.05, 0.1) is 6.42 Å². The molecule has 1 aromatic rings. The van der Waals surface area contributed by atoms with Gasteiger partial charge in [-0.05, 0) is 17.7 Å². The SMILES string of the molecule is NCc1cccc(NC(=O)CCC(=O)O)c1. The Balaban J connectivity index is 2.52. The van der Waals surface area contributed by atoms with Gasteiger partial charge in [-0.2, -0.15) is 0 Å². The van der Waals surface area contributed by atoms with E-state index in [-0.39, 0.29) is 18.7 Å². The van der Waals surface area contributed by atoms with Crippen LogP contribution in [0.25, 0.3) is 0 Å². The molecule has 0 heterocycles. The molecule has 0 bridgehead atoms. The van der Waals surface area contributed by atoms with Crippen molar-refractivity contribution in [2.24, 2.45) is 5.73 Å². The molecule has 0 aliphatic carbocycles. The van der Waals surface area contributed by atoms with E-state index in [1.807, 2.05) is 6.07 Å². The Bertz CT molecular complexity index is 391. The van der Waals surface area contributed by atoms with E-state index >= 15 is 0 Å². The van der Waals surface area contributed by atoms with Crippen molar-refractivity contribution in [1.82, 2.24) is 0 Å². The zero-order chi connectivity index (χ0) is 12.0. The number of anilines is 1. The van der Waals surface area contributed by atoms with Crippen LogP contribution in [0.15, 0.2) is 24.3 Å². The summed E-state index contributed by atoms with van der Waals surface area (Å²) in [6, 6.07) is 7.14. The molecular formula is C11H14N2O3. The van der Waals surface area contributed by atoms with Crippen molar-refractivity contribution in [1.29, 1.82) is 0 Å². The van der Waals surface area contributed by atoms with Crippen LogP contribution in [0.1, 0.15) is 18.4 Å². The van der Waals surface area contributed by atoms with Gasteiger partial charge in [-0.25, -0.2) is 0 Å². The highest BCUT2D eigenvalue weighted by molar-refractivity contribution is 5.92. The highest BCUT2D eigenvalue weighted by atomic mass is 16.4. The number of carbonyl (C=O) groups excluding carboxylic acids is 1. The van der Waals surface area contributed by atoms with E-state index in [1.165, 1.54) is 0 Å². The molecule has 86 valence electrons. The van der Waals surface area contributed by atoms with Gasteiger partial charge in [0.2, 0.25) is 5.91 Å². The van der Waals surface area contributed by atoms with Crippen molar-refractivity contribution in [3.8, 4) is 0 Å². The second-order valence-corrected chi connectivity index (χ2v) is 3.35. The number of aliphatic carboxylic acids is 1. The number of nitrogens with two attached hydrogens (primary N) is 1. The summed E-state index contributed by atoms with van der Waals surface area (Å²) in [7, 11) is 0. The maximum atomic E-state index is 11.3. The Labute approximate surface area is 93.3 Å². The fraction of sp³-hybridized carbons (Fsp3) is 0.273. The third kappa shape index (κ3) is 4.10. The molecule has 1 amide bonds. The zero-order valence-electron chi connectivity index (χ0n) is 8.77. The number of carboxylic acid groups (broad SMARTS) is 1. The summed E-state index contributed by atoms with van der Waals surface area (Å²) < 4.78 is 0. The minimum atomic E-state index is -0.981. The van der Waals surface area contributed by atoms with E-state index in [0.717, 1.165) is 5.56 Å². The maximum absolute atomic E-state index is 11.3. The van der Waals surface area contributed by atoms with E-state index in [2.05, 4.69) is 5.32 Å². The largest absolute Gasteiger partial charge is 0.481 e. The molecule has 0 aromatic heterocycles. The first-order chi connectivity index (χ1) is 7.61. The lowest BCUT2D eigenvalue weighted by Crippen LogP contribution is -2.13. The minimum absolute atomic E-state index is 0.0256. The Morgan fingerprint density at radius 2 is 2.06 bits per heavy atom. The van der Waals surface area contributed by atoms with Crippen LogP contribution in [0.4, 0.5) is 5.69 Å². The van der Waals surface area contributed by atoms with Gasteiger partial charge in [-0.3, -0.25) is 9.59 Å². The van der Waals surface area contributed by atoms with E-state index in [0.29, 0.717) is 12.2 Å². The first kappa shape index (κ1) is 12.2. The molecule has 1 rings (SSSR count). The molecule has 0 unspecified atom stereocenters. The highest BCUT2D eigenvalue weighted by Crippen LogP contribution is 2.10. The van der Waals surface area contributed by atoms with Crippen molar-refractivity contribution in [2.45, 2.75) is 19.4 Å². The van der Waals surface area contributed by atoms with Gasteiger partial charge in [-0.1, -0.05) is 12.1 Å². The number of rotatable bonds is 5. The molecule has 0 saturated heterocycles. The van der Waals surface area contributed by atoms with Crippen LogP contribution < -0.4 is 11.1 Å². The number of carboxylic acids is 1. The lowest BCUT2D eigenvalue weighted by atomic mass is 10.2. The summed E-state index contributed by atoms with van der Waals surface area (Å²) in [6.45, 7) is 0.402. The first-order valence-corrected chi connectivity index (χ1v) is 4.92. The summed E-state index contributed by atoms with van der Waals surface area (Å²) in [5.41, 5.74) is 7.01. The molecule has 0 spiro atoms. The summed E-state index contributed by atoms with van der Waals surface area (Å²) >= 11 is 0. The predicted molar refractivity (Wildman–Crippen MR) is 59.8 cm³/mol. The number of carbonyl (C=O) groups is 2. The molecule has 0 radical (unpaired) electrons. The zero-order valence-corrected chi connectivity index (χ0v) is 8.77. The quantitative estimate of drug-likeness (QED) is 0.691. The van der Waals surface area contributed by atoms with Crippen LogP contribution >= 0.6 is 0 Å². The summed E-state index contributed by atoms with van der Waals surface area (Å²) in [5, 5.41) is 11.0. The minimum Gasteiger partial charge on any atom is -0.481 e. The average Bonchev–Trinajstić information content (AvgIpc) is 2.26. The fourth-order valence-electron chi connectivity index (χ4n) is 1.22. The number of nitrogens with one attached hydrogen (secondary N) is 1. The monoisotopic (exact) mass is 222 g/mol. The molecule has 0 fully saturated rings. The fourth-order valence-corrected chi connectivity index (χ4v) is 1.22. The van der Waals surface area contributed by atoms with Crippen LogP contribution in [-0.2, 0) is 16.1 Å². The Morgan fingerprint density at radius 1 is 1.31 bits per heavy atom. The number of amides is 1. The summed E-state index contributed by atoms with van der Waals surface area (Å²) in [6.07, 6.45) is -0.190. The highest BCUT2D eigenvalue weighted by Gasteiger charge is 2.05. The van der Waals surface area contributed by atoms with Crippen LogP contribution in [0, 0.1) is 0 Å². The third-order valence-electron chi connectivity index (χ3n) is 2.01. The van der Waals surface area contributed by atoms with Gasteiger partial charge in [-0.15, -0.1) is 0 Å². The standard InChI is InChI=1S/C11H14N2O3/c12-7-8-2-1-3-9(6-8)13-10(14)4-5-11(15)16/h1-3,6H,4-5,7,12H2,(H,13,14)(H,15,16). The maximum Gasteiger partial charge on any atom is 0.303 e. The van der Waals surface area contributed by atoms with E-state index in [9.17, 15) is 9.59 Å². The number of benzene rings is 1. The molecule has 0 aliphatic rings. The smallest absolute Gasteiger partial charge is 0.303 e. The van der Waals surface area contributed by atoms with E-state index in [4.69, 9.17) is 10.8 Å². The molecule has 0 atom stereocenters. The van der Waals surface area contributed by atoms with Crippen LogP contribution in [0.3, 0.4) is 0 Å². The lowest BCUT2D eigenvalue weighted by Gasteiger charge is -2.05. The second kappa shape index (κ2) is 5.87. The van der Waals surface area contributed by atoms with Gasteiger partial charge in [0.1, 0.15) is 0 Å². The van der Waals surface area contributed by atoms with Crippen molar-refractivity contribution in [2.75, 3.05) is 5.32 Å². The molecule has 4 N–H and O–H groups in total. The van der Waals surface area contributed by atoms with E-state index < -0.39 is 5.97 Å². The van der Waals surface area contributed by atoms with Gasteiger partial charge in [0, 0.05) is 18.7 Å². The Hall–Kier alpha value is -1.88. The number of hydrogen-bond acceptors (Lipinski definition) is 3. The van der Waals surface area contributed by atoms with Crippen molar-refractivity contribution in [3.63, 3.8) is 0 Å².